The summed E-state index contributed by atoms with van der Waals surface area (Å²) >= 11 is 0. The van der Waals surface area contributed by atoms with Gasteiger partial charge in [0.1, 0.15) is 0 Å². The van der Waals surface area contributed by atoms with Gasteiger partial charge in [0.15, 0.2) is 0 Å². The lowest BCUT2D eigenvalue weighted by atomic mass is 9.71. The predicted molar refractivity (Wildman–Crippen MR) is 129 cm³/mol. The number of aliphatic hydroxyl groups is 1. The van der Waals surface area contributed by atoms with E-state index in [-0.39, 0.29) is 0 Å². The van der Waals surface area contributed by atoms with Crippen molar-refractivity contribution in [1.82, 2.24) is 0 Å². The number of benzene rings is 2. The molecule has 1 N–H and O–H groups in total. The van der Waals surface area contributed by atoms with Gasteiger partial charge >= 0.3 is 0 Å². The fourth-order valence-corrected chi connectivity index (χ4v) is 5.58. The van der Waals surface area contributed by atoms with Crippen LogP contribution in [0.4, 0.5) is 0 Å². The first-order chi connectivity index (χ1) is 14.9. The van der Waals surface area contributed by atoms with Gasteiger partial charge in [-0.3, -0.25) is 0 Å². The largest absolute Gasteiger partial charge is 0.390 e. The Hall–Kier alpha value is -1.64. The molecule has 1 unspecified atom stereocenters. The van der Waals surface area contributed by atoms with Crippen LogP contribution in [-0.4, -0.2) is 23.9 Å². The number of ether oxygens (including phenoxy) is 1. The molecule has 0 saturated heterocycles. The van der Waals surface area contributed by atoms with E-state index in [1.54, 1.807) is 0 Å². The molecule has 0 heterocycles. The van der Waals surface area contributed by atoms with Crippen LogP contribution in [0.25, 0.3) is 11.1 Å². The molecule has 168 valence electrons. The highest BCUT2D eigenvalue weighted by Gasteiger charge is 2.46. The first-order valence-electron chi connectivity index (χ1n) is 12.4. The van der Waals surface area contributed by atoms with E-state index in [9.17, 15) is 5.11 Å². The minimum Gasteiger partial charge on any atom is -0.390 e. The molecule has 2 aliphatic carbocycles. The molecule has 0 radical (unpaired) electrons. The van der Waals surface area contributed by atoms with Crippen molar-refractivity contribution in [2.24, 2.45) is 17.8 Å². The molecule has 0 bridgehead atoms. The summed E-state index contributed by atoms with van der Waals surface area (Å²) in [6.45, 7) is 8.08. The van der Waals surface area contributed by atoms with Crippen molar-refractivity contribution in [3.63, 3.8) is 0 Å². The Morgan fingerprint density at radius 2 is 1.39 bits per heavy atom. The summed E-state index contributed by atoms with van der Waals surface area (Å²) in [5, 5.41) is 10.8. The number of hydrogen-bond acceptors (Lipinski definition) is 2. The molecule has 2 saturated carbocycles. The van der Waals surface area contributed by atoms with E-state index < -0.39 is 5.60 Å². The molecule has 2 aromatic rings. The average Bonchev–Trinajstić information content (AvgIpc) is 3.60. The summed E-state index contributed by atoms with van der Waals surface area (Å²) in [6, 6.07) is 15.7. The molecule has 2 aliphatic rings. The zero-order valence-electron chi connectivity index (χ0n) is 19.7. The van der Waals surface area contributed by atoms with Crippen molar-refractivity contribution in [1.29, 1.82) is 0 Å². The Morgan fingerprint density at radius 1 is 0.806 bits per heavy atom. The SMILES string of the molecule is Cc1cc(C)cc(-c2ccc(CCOCCC3CCC(C(C)(O)C4CC4)CC3)cc2)c1. The molecule has 4 rings (SSSR count). The second-order valence-electron chi connectivity index (χ2n) is 10.4. The molecule has 2 fully saturated rings. The number of aryl methyl sites for hydroxylation is 2. The first kappa shape index (κ1) is 22.6. The highest BCUT2D eigenvalue weighted by molar-refractivity contribution is 5.65. The second kappa shape index (κ2) is 9.88. The van der Waals surface area contributed by atoms with E-state index in [4.69, 9.17) is 4.74 Å². The lowest BCUT2D eigenvalue weighted by Gasteiger charge is -2.38. The van der Waals surface area contributed by atoms with Crippen LogP contribution < -0.4 is 0 Å². The molecule has 2 heteroatoms. The third-order valence-electron chi connectivity index (χ3n) is 7.79. The van der Waals surface area contributed by atoms with Crippen molar-refractivity contribution in [2.45, 2.75) is 77.7 Å². The molecule has 0 spiro atoms. The van der Waals surface area contributed by atoms with Crippen LogP contribution in [0.1, 0.15) is 68.6 Å². The minimum atomic E-state index is -0.408. The molecule has 2 nitrogen and oxygen atoms in total. The second-order valence-corrected chi connectivity index (χ2v) is 10.4. The summed E-state index contributed by atoms with van der Waals surface area (Å²) in [4.78, 5) is 0. The zero-order chi connectivity index (χ0) is 21.8. The van der Waals surface area contributed by atoms with Crippen LogP contribution in [0.2, 0.25) is 0 Å². The van der Waals surface area contributed by atoms with Crippen LogP contribution in [0.3, 0.4) is 0 Å². The molecule has 1 atom stereocenters. The lowest BCUT2D eigenvalue weighted by Crippen LogP contribution is -2.39. The Bertz CT molecular complexity index is 819. The van der Waals surface area contributed by atoms with Gasteiger partial charge in [-0.25, -0.2) is 0 Å². The lowest BCUT2D eigenvalue weighted by molar-refractivity contribution is -0.0424. The first-order valence-corrected chi connectivity index (χ1v) is 12.4. The van der Waals surface area contributed by atoms with Gasteiger partial charge in [0.25, 0.3) is 0 Å². The van der Waals surface area contributed by atoms with Crippen LogP contribution in [0, 0.1) is 31.6 Å². The summed E-state index contributed by atoms with van der Waals surface area (Å²) in [5.41, 5.74) is 6.15. The van der Waals surface area contributed by atoms with E-state index in [2.05, 4.69) is 63.2 Å². The topological polar surface area (TPSA) is 29.5 Å². The zero-order valence-corrected chi connectivity index (χ0v) is 19.7. The molecular formula is C29H40O2. The van der Waals surface area contributed by atoms with Gasteiger partial charge in [-0.15, -0.1) is 0 Å². The summed E-state index contributed by atoms with van der Waals surface area (Å²) in [6.07, 6.45) is 9.52. The Morgan fingerprint density at radius 3 is 1.97 bits per heavy atom. The maximum Gasteiger partial charge on any atom is 0.0675 e. The summed E-state index contributed by atoms with van der Waals surface area (Å²) in [7, 11) is 0. The Labute approximate surface area is 189 Å². The number of hydrogen-bond donors (Lipinski definition) is 1. The van der Waals surface area contributed by atoms with Crippen LogP contribution in [-0.2, 0) is 11.2 Å². The van der Waals surface area contributed by atoms with Crippen molar-refractivity contribution >= 4 is 0 Å². The van der Waals surface area contributed by atoms with Crippen molar-refractivity contribution < 1.29 is 9.84 Å². The van der Waals surface area contributed by atoms with Gasteiger partial charge in [-0.2, -0.15) is 0 Å². The molecule has 0 aromatic heterocycles. The predicted octanol–water partition coefficient (Wildman–Crippen LogP) is 6.89. The van der Waals surface area contributed by atoms with E-state index >= 15 is 0 Å². The van der Waals surface area contributed by atoms with E-state index in [0.29, 0.717) is 11.8 Å². The molecular weight excluding hydrogens is 380 g/mol. The Kier molecular flexibility index (Phi) is 7.19. The quantitative estimate of drug-likeness (QED) is 0.448. The maximum atomic E-state index is 10.8. The van der Waals surface area contributed by atoms with Gasteiger partial charge in [-0.05, 0) is 107 Å². The van der Waals surface area contributed by atoms with Crippen molar-refractivity contribution in [3.05, 3.63) is 59.2 Å². The van der Waals surface area contributed by atoms with Crippen LogP contribution in [0.5, 0.6) is 0 Å². The minimum absolute atomic E-state index is 0.408. The van der Waals surface area contributed by atoms with Crippen molar-refractivity contribution in [2.75, 3.05) is 13.2 Å². The smallest absolute Gasteiger partial charge is 0.0675 e. The monoisotopic (exact) mass is 420 g/mol. The fraction of sp³-hybridized carbons (Fsp3) is 0.586. The number of rotatable bonds is 9. The summed E-state index contributed by atoms with van der Waals surface area (Å²) in [5.74, 6) is 1.87. The average molecular weight is 421 g/mol. The van der Waals surface area contributed by atoms with Crippen molar-refractivity contribution in [3.8, 4) is 11.1 Å². The van der Waals surface area contributed by atoms with Gasteiger partial charge in [-0.1, -0.05) is 53.6 Å². The maximum absolute atomic E-state index is 10.8. The van der Waals surface area contributed by atoms with Crippen LogP contribution >= 0.6 is 0 Å². The molecule has 2 aromatic carbocycles. The fourth-order valence-electron chi connectivity index (χ4n) is 5.58. The molecule has 0 amide bonds. The van der Waals surface area contributed by atoms with E-state index in [0.717, 1.165) is 25.6 Å². The van der Waals surface area contributed by atoms with E-state index in [1.807, 2.05) is 0 Å². The highest BCUT2D eigenvalue weighted by atomic mass is 16.5. The normalized spacial score (nSPS) is 23.5. The highest BCUT2D eigenvalue weighted by Crippen LogP contribution is 2.48. The van der Waals surface area contributed by atoms with Gasteiger partial charge in [0, 0.05) is 6.61 Å². The van der Waals surface area contributed by atoms with Gasteiger partial charge in [0.05, 0.1) is 12.2 Å². The Balaban J connectivity index is 1.14. The molecule has 0 aliphatic heterocycles. The third kappa shape index (κ3) is 5.99. The summed E-state index contributed by atoms with van der Waals surface area (Å²) < 4.78 is 5.98. The third-order valence-corrected chi connectivity index (χ3v) is 7.79. The molecule has 31 heavy (non-hydrogen) atoms. The van der Waals surface area contributed by atoms with Gasteiger partial charge < -0.3 is 9.84 Å². The van der Waals surface area contributed by atoms with E-state index in [1.165, 1.54) is 72.8 Å². The van der Waals surface area contributed by atoms with Crippen LogP contribution in [0.15, 0.2) is 42.5 Å². The standard InChI is InChI=1S/C29H40O2/c1-21-18-22(2)20-26(19-21)25-8-4-23(5-9-25)14-16-31-17-15-24-6-10-27(11-7-24)29(3,30)28-12-13-28/h4-5,8-9,18-20,24,27-28,30H,6-7,10-17H2,1-3H3. The van der Waals surface area contributed by atoms with Gasteiger partial charge in [0.2, 0.25) is 0 Å².